The summed E-state index contributed by atoms with van der Waals surface area (Å²) >= 11 is 1.92. The molecule has 0 aromatic heterocycles. The largest absolute Gasteiger partial charge is 0.379 e. The first-order valence-corrected chi connectivity index (χ1v) is 11.5. The first-order chi connectivity index (χ1) is 12.3. The number of guanidine groups is 1. The average molecular weight is 501 g/mol. The number of nitrogens with zero attached hydrogens (tertiary/aromatic N) is 2. The average Bonchev–Trinajstić information content (AvgIpc) is 2.65. The van der Waals surface area contributed by atoms with Gasteiger partial charge in [-0.15, -0.1) is 24.0 Å². The third-order valence-corrected chi connectivity index (χ3v) is 5.65. The van der Waals surface area contributed by atoms with Crippen LogP contribution < -0.4 is 10.6 Å². The van der Waals surface area contributed by atoms with Crippen molar-refractivity contribution >= 4 is 41.7 Å². The van der Waals surface area contributed by atoms with Crippen molar-refractivity contribution in [2.45, 2.75) is 52.5 Å². The predicted octanol–water partition coefficient (Wildman–Crippen LogP) is 3.44. The van der Waals surface area contributed by atoms with Gasteiger partial charge in [-0.05, 0) is 37.7 Å². The molecule has 7 heteroatoms. The van der Waals surface area contributed by atoms with Crippen LogP contribution in [0, 0.1) is 5.92 Å². The number of aliphatic imine (C=N–C) groups is 1. The van der Waals surface area contributed by atoms with Crippen LogP contribution in [-0.2, 0) is 4.74 Å². The summed E-state index contributed by atoms with van der Waals surface area (Å²) in [6, 6.07) is 0.519. The molecule has 0 bridgehead atoms. The summed E-state index contributed by atoms with van der Waals surface area (Å²) in [5, 5.41) is 6.90. The number of hydrogen-bond acceptors (Lipinski definition) is 4. The van der Waals surface area contributed by atoms with E-state index in [2.05, 4.69) is 42.6 Å². The molecule has 0 amide bonds. The third-order valence-electron chi connectivity index (χ3n) is 4.96. The summed E-state index contributed by atoms with van der Waals surface area (Å²) in [5.74, 6) is 2.91. The van der Waals surface area contributed by atoms with E-state index in [0.717, 1.165) is 51.9 Å². The van der Waals surface area contributed by atoms with Crippen LogP contribution in [0.3, 0.4) is 0 Å². The summed E-state index contributed by atoms with van der Waals surface area (Å²) in [7, 11) is 0. The molecule has 0 aromatic rings. The Balaban J connectivity index is 0.00000625. The lowest BCUT2D eigenvalue weighted by atomic mass is 9.92. The van der Waals surface area contributed by atoms with Gasteiger partial charge < -0.3 is 15.4 Å². The van der Waals surface area contributed by atoms with Gasteiger partial charge in [-0.2, -0.15) is 11.8 Å². The monoisotopic (exact) mass is 500 g/mol. The molecule has 1 aliphatic heterocycles. The van der Waals surface area contributed by atoms with Gasteiger partial charge in [0.1, 0.15) is 0 Å². The highest BCUT2D eigenvalue weighted by Gasteiger charge is 2.26. The number of halogens is 1. The lowest BCUT2D eigenvalue weighted by Gasteiger charge is -2.38. The fraction of sp³-hybridized carbons (Fsp3) is 0.947. The zero-order chi connectivity index (χ0) is 18.3. The van der Waals surface area contributed by atoms with Crippen LogP contribution in [0.5, 0.6) is 0 Å². The fourth-order valence-corrected chi connectivity index (χ4v) is 3.90. The fourth-order valence-electron chi connectivity index (χ4n) is 3.41. The predicted molar refractivity (Wildman–Crippen MR) is 127 cm³/mol. The van der Waals surface area contributed by atoms with E-state index in [1.54, 1.807) is 0 Å². The minimum absolute atomic E-state index is 0. The Labute approximate surface area is 182 Å². The van der Waals surface area contributed by atoms with Gasteiger partial charge >= 0.3 is 0 Å². The SMILES string of the molecule is CCNC(=NCC(C(CC)CC)N1CCOCC1)NCCCCSC.I. The second-order valence-corrected chi connectivity index (χ2v) is 7.62. The maximum absolute atomic E-state index is 5.54. The van der Waals surface area contributed by atoms with Crippen molar-refractivity contribution in [3.05, 3.63) is 0 Å². The number of morpholine rings is 1. The normalized spacial score (nSPS) is 17.0. The summed E-state index contributed by atoms with van der Waals surface area (Å²) < 4.78 is 5.54. The Morgan fingerprint density at radius 1 is 1.12 bits per heavy atom. The minimum Gasteiger partial charge on any atom is -0.379 e. The number of thioether (sulfide) groups is 1. The number of unbranched alkanes of at least 4 members (excludes halogenated alkanes) is 1. The van der Waals surface area contributed by atoms with E-state index in [9.17, 15) is 0 Å². The molecule has 1 fully saturated rings. The highest BCUT2D eigenvalue weighted by atomic mass is 127. The molecule has 1 unspecified atom stereocenters. The Kier molecular flexibility index (Phi) is 17.6. The molecule has 1 rings (SSSR count). The van der Waals surface area contributed by atoms with Crippen molar-refractivity contribution < 1.29 is 4.74 Å². The number of hydrogen-bond donors (Lipinski definition) is 2. The summed E-state index contributed by atoms with van der Waals surface area (Å²) in [5.41, 5.74) is 0. The lowest BCUT2D eigenvalue weighted by Crippen LogP contribution is -2.49. The molecular weight excluding hydrogens is 459 g/mol. The van der Waals surface area contributed by atoms with Crippen LogP contribution in [-0.4, -0.2) is 74.8 Å². The first-order valence-electron chi connectivity index (χ1n) is 10.1. The second-order valence-electron chi connectivity index (χ2n) is 6.64. The van der Waals surface area contributed by atoms with Gasteiger partial charge in [-0.25, -0.2) is 0 Å². The first kappa shape index (κ1) is 26.3. The van der Waals surface area contributed by atoms with Crippen molar-refractivity contribution in [3.63, 3.8) is 0 Å². The molecule has 26 heavy (non-hydrogen) atoms. The third kappa shape index (κ3) is 10.6. The van der Waals surface area contributed by atoms with Gasteiger partial charge in [0.15, 0.2) is 5.96 Å². The Hall–Kier alpha value is 0.270. The number of nitrogens with one attached hydrogen (secondary N) is 2. The molecule has 0 aromatic carbocycles. The quantitative estimate of drug-likeness (QED) is 0.186. The second kappa shape index (κ2) is 17.4. The molecule has 0 radical (unpaired) electrons. The van der Waals surface area contributed by atoms with E-state index >= 15 is 0 Å². The molecule has 1 heterocycles. The topological polar surface area (TPSA) is 48.9 Å². The van der Waals surface area contributed by atoms with Crippen LogP contribution in [0.25, 0.3) is 0 Å². The van der Waals surface area contributed by atoms with E-state index in [1.165, 1.54) is 31.4 Å². The van der Waals surface area contributed by atoms with Crippen LogP contribution in [0.2, 0.25) is 0 Å². The van der Waals surface area contributed by atoms with Crippen LogP contribution in [0.15, 0.2) is 4.99 Å². The van der Waals surface area contributed by atoms with Crippen molar-refractivity contribution in [1.82, 2.24) is 15.5 Å². The van der Waals surface area contributed by atoms with Crippen LogP contribution in [0.1, 0.15) is 46.5 Å². The van der Waals surface area contributed by atoms with E-state index in [1.807, 2.05) is 11.8 Å². The highest BCUT2D eigenvalue weighted by molar-refractivity contribution is 14.0. The smallest absolute Gasteiger partial charge is 0.191 e. The van der Waals surface area contributed by atoms with E-state index in [-0.39, 0.29) is 24.0 Å². The molecule has 1 aliphatic rings. The zero-order valence-electron chi connectivity index (χ0n) is 17.3. The molecule has 0 spiro atoms. The van der Waals surface area contributed by atoms with Gasteiger partial charge in [0.05, 0.1) is 19.8 Å². The van der Waals surface area contributed by atoms with Gasteiger partial charge in [-0.1, -0.05) is 26.7 Å². The van der Waals surface area contributed by atoms with E-state index in [0.29, 0.717) is 12.0 Å². The summed E-state index contributed by atoms with van der Waals surface area (Å²) in [6.07, 6.45) is 7.06. The molecule has 1 atom stereocenters. The van der Waals surface area contributed by atoms with Crippen LogP contribution in [0.4, 0.5) is 0 Å². The molecular formula is C19H41IN4OS. The van der Waals surface area contributed by atoms with Crippen molar-refractivity contribution in [2.24, 2.45) is 10.9 Å². The van der Waals surface area contributed by atoms with Crippen molar-refractivity contribution in [3.8, 4) is 0 Å². The molecule has 1 saturated heterocycles. The lowest BCUT2D eigenvalue weighted by molar-refractivity contribution is 0.00395. The van der Waals surface area contributed by atoms with Gasteiger partial charge in [-0.3, -0.25) is 9.89 Å². The number of ether oxygens (including phenoxy) is 1. The molecule has 156 valence electrons. The Morgan fingerprint density at radius 3 is 2.38 bits per heavy atom. The molecule has 0 saturated carbocycles. The Bertz CT molecular complexity index is 350. The van der Waals surface area contributed by atoms with Crippen molar-refractivity contribution in [1.29, 1.82) is 0 Å². The zero-order valence-corrected chi connectivity index (χ0v) is 20.4. The van der Waals surface area contributed by atoms with Crippen molar-refractivity contribution in [2.75, 3.05) is 57.9 Å². The summed E-state index contributed by atoms with van der Waals surface area (Å²) in [4.78, 5) is 7.52. The summed E-state index contributed by atoms with van der Waals surface area (Å²) in [6.45, 7) is 13.3. The molecule has 2 N–H and O–H groups in total. The molecule has 0 aliphatic carbocycles. The minimum atomic E-state index is 0. The van der Waals surface area contributed by atoms with E-state index < -0.39 is 0 Å². The van der Waals surface area contributed by atoms with Gasteiger partial charge in [0.25, 0.3) is 0 Å². The standard InChI is InChI=1S/C19H40N4OS.HI/c1-5-17(6-2)18(23-11-13-24-14-12-23)16-22-19(20-7-3)21-10-8-9-15-25-4;/h17-18H,5-16H2,1-4H3,(H2,20,21,22);1H. The maximum Gasteiger partial charge on any atom is 0.191 e. The Morgan fingerprint density at radius 2 is 1.81 bits per heavy atom. The van der Waals surface area contributed by atoms with E-state index in [4.69, 9.17) is 9.73 Å². The maximum atomic E-state index is 5.54. The van der Waals surface area contributed by atoms with Gasteiger partial charge in [0.2, 0.25) is 0 Å². The van der Waals surface area contributed by atoms with Gasteiger partial charge in [0, 0.05) is 32.2 Å². The number of rotatable bonds is 12. The highest BCUT2D eigenvalue weighted by Crippen LogP contribution is 2.20. The van der Waals surface area contributed by atoms with Crippen LogP contribution >= 0.6 is 35.7 Å². The molecule has 5 nitrogen and oxygen atoms in total.